The fourth-order valence-corrected chi connectivity index (χ4v) is 6.43. The summed E-state index contributed by atoms with van der Waals surface area (Å²) in [7, 11) is -4.15. The maximum absolute atomic E-state index is 14.4. The molecule has 0 aliphatic heterocycles. The normalized spacial score (nSPS) is 11.9. The largest absolute Gasteiger partial charge is 0.355 e. The van der Waals surface area contributed by atoms with Crippen LogP contribution in [0.15, 0.2) is 108 Å². The Morgan fingerprint density at radius 1 is 0.814 bits per heavy atom. The van der Waals surface area contributed by atoms with E-state index in [1.54, 1.807) is 73.7 Å². The van der Waals surface area contributed by atoms with Gasteiger partial charge in [0, 0.05) is 24.5 Å². The van der Waals surface area contributed by atoms with Gasteiger partial charge in [0.05, 0.1) is 10.6 Å². The molecule has 0 saturated carbocycles. The minimum Gasteiger partial charge on any atom is -0.355 e. The van der Waals surface area contributed by atoms with E-state index < -0.39 is 28.5 Å². The molecule has 2 amide bonds. The van der Waals surface area contributed by atoms with Crippen LogP contribution in [0.4, 0.5) is 5.69 Å². The van der Waals surface area contributed by atoms with Crippen LogP contribution in [0, 0.1) is 13.8 Å². The molecule has 4 rings (SSSR count). The van der Waals surface area contributed by atoms with Crippen LogP contribution in [-0.4, -0.2) is 44.3 Å². The smallest absolute Gasteiger partial charge is 0.264 e. The number of nitrogens with zero attached hydrogens (tertiary/aromatic N) is 2. The molecular formula is C34H36ClN3O4S. The minimum atomic E-state index is -4.15. The van der Waals surface area contributed by atoms with Crippen molar-refractivity contribution < 1.29 is 18.0 Å². The zero-order chi connectivity index (χ0) is 31.0. The molecule has 4 aromatic carbocycles. The monoisotopic (exact) mass is 617 g/mol. The van der Waals surface area contributed by atoms with Crippen LogP contribution in [0.2, 0.25) is 5.02 Å². The Bertz CT molecular complexity index is 1640. The van der Waals surface area contributed by atoms with Crippen molar-refractivity contribution in [2.24, 2.45) is 0 Å². The molecular weight excluding hydrogens is 582 g/mol. The molecule has 0 aliphatic carbocycles. The summed E-state index contributed by atoms with van der Waals surface area (Å²) in [5.74, 6) is -0.835. The van der Waals surface area contributed by atoms with Gasteiger partial charge in [0.2, 0.25) is 11.8 Å². The number of hydrogen-bond donors (Lipinski definition) is 1. The van der Waals surface area contributed by atoms with Crippen molar-refractivity contribution >= 4 is 39.1 Å². The van der Waals surface area contributed by atoms with Gasteiger partial charge in [0.25, 0.3) is 10.0 Å². The van der Waals surface area contributed by atoms with Crippen LogP contribution in [0.3, 0.4) is 0 Å². The highest BCUT2D eigenvalue weighted by atomic mass is 35.5. The van der Waals surface area contributed by atoms with Gasteiger partial charge >= 0.3 is 0 Å². The van der Waals surface area contributed by atoms with Crippen molar-refractivity contribution in [3.05, 3.63) is 130 Å². The van der Waals surface area contributed by atoms with Crippen molar-refractivity contribution in [2.75, 3.05) is 17.4 Å². The fourth-order valence-electron chi connectivity index (χ4n) is 4.83. The Morgan fingerprint density at radius 3 is 2.07 bits per heavy atom. The Morgan fingerprint density at radius 2 is 1.44 bits per heavy atom. The standard InChI is InChI=1S/C34H36ClN3O4S/c1-4-36-34(40)32(22-27-11-6-5-7-12-27)37(23-28-16-18-29(35)19-17-28)33(39)24-38(31-13-9-8-10-26(31)3)43(41,42)30-20-14-25(2)15-21-30/h5-21,32H,4,22-24H2,1-3H3,(H,36,40)/t32-/m0/s1. The van der Waals surface area contributed by atoms with E-state index in [0.717, 1.165) is 21.0 Å². The lowest BCUT2D eigenvalue weighted by atomic mass is 10.0. The van der Waals surface area contributed by atoms with Gasteiger partial charge in [-0.2, -0.15) is 0 Å². The van der Waals surface area contributed by atoms with E-state index in [0.29, 0.717) is 22.8 Å². The number of rotatable bonds is 12. The first-order valence-electron chi connectivity index (χ1n) is 14.1. The number of sulfonamides is 1. The average Bonchev–Trinajstić information content (AvgIpc) is 3.00. The second-order valence-corrected chi connectivity index (χ2v) is 12.7. The average molecular weight is 618 g/mol. The molecule has 1 N–H and O–H groups in total. The highest BCUT2D eigenvalue weighted by Crippen LogP contribution is 2.28. The third-order valence-electron chi connectivity index (χ3n) is 7.16. The Kier molecular flexibility index (Phi) is 10.6. The number of carbonyl (C=O) groups excluding carboxylic acids is 2. The van der Waals surface area contributed by atoms with Crippen LogP contribution in [0.5, 0.6) is 0 Å². The lowest BCUT2D eigenvalue weighted by Crippen LogP contribution is -2.53. The van der Waals surface area contributed by atoms with Gasteiger partial charge in [0.15, 0.2) is 0 Å². The summed E-state index contributed by atoms with van der Waals surface area (Å²) in [4.78, 5) is 29.5. The van der Waals surface area contributed by atoms with Gasteiger partial charge in [-0.25, -0.2) is 8.42 Å². The molecule has 7 nitrogen and oxygen atoms in total. The van der Waals surface area contributed by atoms with Crippen molar-refractivity contribution in [1.29, 1.82) is 0 Å². The van der Waals surface area contributed by atoms with Crippen LogP contribution in [0.1, 0.15) is 29.2 Å². The predicted octanol–water partition coefficient (Wildman–Crippen LogP) is 5.93. The molecule has 9 heteroatoms. The number of amides is 2. The molecule has 0 aromatic heterocycles. The van der Waals surface area contributed by atoms with E-state index in [2.05, 4.69) is 5.32 Å². The third-order valence-corrected chi connectivity index (χ3v) is 9.19. The molecule has 0 heterocycles. The molecule has 224 valence electrons. The van der Waals surface area contributed by atoms with E-state index in [1.807, 2.05) is 50.2 Å². The molecule has 0 aliphatic rings. The van der Waals surface area contributed by atoms with E-state index >= 15 is 0 Å². The predicted molar refractivity (Wildman–Crippen MR) is 172 cm³/mol. The number of nitrogens with one attached hydrogen (secondary N) is 1. The zero-order valence-electron chi connectivity index (χ0n) is 24.5. The first kappa shape index (κ1) is 31.8. The fraction of sp³-hybridized carbons (Fsp3) is 0.235. The van der Waals surface area contributed by atoms with Crippen LogP contribution in [0.25, 0.3) is 0 Å². The number of aryl methyl sites for hydroxylation is 2. The third kappa shape index (κ3) is 8.03. The highest BCUT2D eigenvalue weighted by molar-refractivity contribution is 7.92. The van der Waals surface area contributed by atoms with E-state index in [1.165, 1.54) is 4.90 Å². The Balaban J connectivity index is 1.80. The molecule has 0 bridgehead atoms. The van der Waals surface area contributed by atoms with Gasteiger partial charge in [-0.05, 0) is 67.8 Å². The van der Waals surface area contributed by atoms with E-state index in [-0.39, 0.29) is 23.8 Å². The van der Waals surface area contributed by atoms with E-state index in [9.17, 15) is 18.0 Å². The second kappa shape index (κ2) is 14.4. The van der Waals surface area contributed by atoms with Gasteiger partial charge in [-0.1, -0.05) is 90.0 Å². The van der Waals surface area contributed by atoms with E-state index in [4.69, 9.17) is 11.6 Å². The van der Waals surface area contributed by atoms with Crippen molar-refractivity contribution in [3.8, 4) is 0 Å². The maximum atomic E-state index is 14.4. The van der Waals surface area contributed by atoms with Crippen LogP contribution in [-0.2, 0) is 32.6 Å². The summed E-state index contributed by atoms with van der Waals surface area (Å²) >= 11 is 6.12. The quantitative estimate of drug-likeness (QED) is 0.214. The number of anilines is 1. The Hall–Kier alpha value is -4.14. The number of para-hydroxylation sites is 1. The van der Waals surface area contributed by atoms with Gasteiger partial charge in [0.1, 0.15) is 12.6 Å². The van der Waals surface area contributed by atoms with Crippen LogP contribution >= 0.6 is 11.6 Å². The molecule has 43 heavy (non-hydrogen) atoms. The zero-order valence-corrected chi connectivity index (χ0v) is 26.1. The molecule has 1 atom stereocenters. The number of benzene rings is 4. The SMILES string of the molecule is CCNC(=O)[C@H](Cc1ccccc1)N(Cc1ccc(Cl)cc1)C(=O)CN(c1ccccc1C)S(=O)(=O)c1ccc(C)cc1. The van der Waals surface area contributed by atoms with Gasteiger partial charge in [-0.15, -0.1) is 0 Å². The number of likely N-dealkylation sites (N-methyl/N-ethyl adjacent to an activating group) is 1. The number of halogens is 1. The highest BCUT2D eigenvalue weighted by Gasteiger charge is 2.34. The Labute approximate surface area is 259 Å². The van der Waals surface area contributed by atoms with Gasteiger partial charge in [-0.3, -0.25) is 13.9 Å². The summed E-state index contributed by atoms with van der Waals surface area (Å²) in [6.45, 7) is 5.45. The first-order chi connectivity index (χ1) is 20.6. The molecule has 0 fully saturated rings. The number of hydrogen-bond acceptors (Lipinski definition) is 4. The maximum Gasteiger partial charge on any atom is 0.264 e. The second-order valence-electron chi connectivity index (χ2n) is 10.4. The topological polar surface area (TPSA) is 86.8 Å². The summed E-state index contributed by atoms with van der Waals surface area (Å²) in [6, 6.07) is 29.1. The van der Waals surface area contributed by atoms with Crippen molar-refractivity contribution in [1.82, 2.24) is 10.2 Å². The number of carbonyl (C=O) groups is 2. The lowest BCUT2D eigenvalue weighted by molar-refractivity contribution is -0.140. The minimum absolute atomic E-state index is 0.0722. The molecule has 0 spiro atoms. The molecule has 0 saturated heterocycles. The molecule has 4 aromatic rings. The van der Waals surface area contributed by atoms with Crippen LogP contribution < -0.4 is 9.62 Å². The van der Waals surface area contributed by atoms with Crippen molar-refractivity contribution in [2.45, 2.75) is 44.7 Å². The summed E-state index contributed by atoms with van der Waals surface area (Å²) < 4.78 is 29.4. The first-order valence-corrected chi connectivity index (χ1v) is 15.9. The molecule has 0 unspecified atom stereocenters. The summed E-state index contributed by atoms with van der Waals surface area (Å²) in [5, 5.41) is 3.41. The lowest BCUT2D eigenvalue weighted by Gasteiger charge is -2.34. The van der Waals surface area contributed by atoms with Crippen molar-refractivity contribution in [3.63, 3.8) is 0 Å². The van der Waals surface area contributed by atoms with Gasteiger partial charge < -0.3 is 10.2 Å². The summed E-state index contributed by atoms with van der Waals surface area (Å²) in [6.07, 6.45) is 0.251. The summed E-state index contributed by atoms with van der Waals surface area (Å²) in [5.41, 5.74) is 3.62. The molecule has 0 radical (unpaired) electrons.